The van der Waals surface area contributed by atoms with Crippen LogP contribution in [0.4, 0.5) is 13.2 Å². The Morgan fingerprint density at radius 3 is 2.65 bits per heavy atom. The summed E-state index contributed by atoms with van der Waals surface area (Å²) in [5, 5.41) is 13.7. The van der Waals surface area contributed by atoms with Crippen molar-refractivity contribution < 1.29 is 27.6 Å². The van der Waals surface area contributed by atoms with Gasteiger partial charge in [-0.1, -0.05) is 35.5 Å². The standard InChI is InChI=1S/C15H9F3N2O3/c16-15(17,18)14-19-13(20-23-14)10-5-4-8-2-1-3-9(7-12(21)22)11(8)6-10/h1-6H,7H2,(H,21,22). The highest BCUT2D eigenvalue weighted by atomic mass is 19.4. The second-order valence-corrected chi connectivity index (χ2v) is 4.84. The van der Waals surface area contributed by atoms with E-state index < -0.39 is 18.0 Å². The van der Waals surface area contributed by atoms with Gasteiger partial charge >= 0.3 is 18.0 Å². The monoisotopic (exact) mass is 322 g/mol. The highest BCUT2D eigenvalue weighted by Crippen LogP contribution is 2.30. The summed E-state index contributed by atoms with van der Waals surface area (Å²) in [5.74, 6) is -2.63. The molecule has 0 bridgehead atoms. The Bertz CT molecular complexity index is 887. The fraction of sp³-hybridized carbons (Fsp3) is 0.133. The van der Waals surface area contributed by atoms with E-state index in [1.807, 2.05) is 0 Å². The molecule has 0 atom stereocenters. The predicted molar refractivity (Wildman–Crippen MR) is 73.6 cm³/mol. The van der Waals surface area contributed by atoms with Crippen LogP contribution in [0.2, 0.25) is 0 Å². The molecule has 1 aromatic heterocycles. The van der Waals surface area contributed by atoms with Crippen LogP contribution in [0, 0.1) is 0 Å². The van der Waals surface area contributed by atoms with Crippen molar-refractivity contribution in [2.75, 3.05) is 0 Å². The van der Waals surface area contributed by atoms with Gasteiger partial charge in [-0.3, -0.25) is 4.79 Å². The SMILES string of the molecule is O=C(O)Cc1cccc2ccc(-c3noc(C(F)(F)F)n3)cc12. The van der Waals surface area contributed by atoms with E-state index >= 15 is 0 Å². The average molecular weight is 322 g/mol. The van der Waals surface area contributed by atoms with Crippen LogP contribution >= 0.6 is 0 Å². The maximum Gasteiger partial charge on any atom is 0.471 e. The molecule has 0 amide bonds. The van der Waals surface area contributed by atoms with E-state index in [9.17, 15) is 18.0 Å². The summed E-state index contributed by atoms with van der Waals surface area (Å²) in [6.45, 7) is 0. The Morgan fingerprint density at radius 1 is 1.22 bits per heavy atom. The molecule has 0 aliphatic carbocycles. The maximum atomic E-state index is 12.5. The third kappa shape index (κ3) is 3.01. The molecule has 0 spiro atoms. The lowest BCUT2D eigenvalue weighted by Crippen LogP contribution is -2.04. The number of rotatable bonds is 3. The van der Waals surface area contributed by atoms with Crippen molar-refractivity contribution in [2.45, 2.75) is 12.6 Å². The molecule has 0 radical (unpaired) electrons. The minimum Gasteiger partial charge on any atom is -0.481 e. The zero-order valence-electron chi connectivity index (χ0n) is 11.5. The zero-order chi connectivity index (χ0) is 16.6. The fourth-order valence-electron chi connectivity index (χ4n) is 2.25. The smallest absolute Gasteiger partial charge is 0.471 e. The van der Waals surface area contributed by atoms with E-state index in [0.29, 0.717) is 16.5 Å². The highest BCUT2D eigenvalue weighted by molar-refractivity contribution is 5.91. The summed E-state index contributed by atoms with van der Waals surface area (Å²) in [6.07, 6.45) is -4.91. The molecule has 3 rings (SSSR count). The number of hydrogen-bond donors (Lipinski definition) is 1. The van der Waals surface area contributed by atoms with Crippen LogP contribution in [-0.2, 0) is 17.4 Å². The lowest BCUT2D eigenvalue weighted by molar-refractivity contribution is -0.159. The topological polar surface area (TPSA) is 76.2 Å². The Balaban J connectivity index is 2.09. The van der Waals surface area contributed by atoms with E-state index in [1.54, 1.807) is 36.4 Å². The first kappa shape index (κ1) is 15.0. The molecule has 0 unspecified atom stereocenters. The van der Waals surface area contributed by atoms with E-state index in [2.05, 4.69) is 14.7 Å². The number of hydrogen-bond acceptors (Lipinski definition) is 4. The van der Waals surface area contributed by atoms with Gasteiger partial charge in [-0.25, -0.2) is 0 Å². The molecule has 23 heavy (non-hydrogen) atoms. The van der Waals surface area contributed by atoms with Crippen molar-refractivity contribution in [1.29, 1.82) is 0 Å². The van der Waals surface area contributed by atoms with Crippen LogP contribution in [0.3, 0.4) is 0 Å². The van der Waals surface area contributed by atoms with Gasteiger partial charge in [0, 0.05) is 5.56 Å². The van der Waals surface area contributed by atoms with Crippen molar-refractivity contribution in [1.82, 2.24) is 10.1 Å². The molecule has 1 N–H and O–H groups in total. The van der Waals surface area contributed by atoms with Gasteiger partial charge < -0.3 is 9.63 Å². The number of fused-ring (bicyclic) bond motifs is 1. The van der Waals surface area contributed by atoms with Crippen LogP contribution in [0.1, 0.15) is 11.5 Å². The third-order valence-electron chi connectivity index (χ3n) is 3.24. The van der Waals surface area contributed by atoms with Gasteiger partial charge in [-0.15, -0.1) is 0 Å². The quantitative estimate of drug-likeness (QED) is 0.798. The first-order valence-corrected chi connectivity index (χ1v) is 6.49. The van der Waals surface area contributed by atoms with Gasteiger partial charge in [0.15, 0.2) is 0 Å². The lowest BCUT2D eigenvalue weighted by atomic mass is 10.00. The van der Waals surface area contributed by atoms with Crippen molar-refractivity contribution in [3.63, 3.8) is 0 Å². The molecule has 2 aromatic carbocycles. The van der Waals surface area contributed by atoms with Crippen molar-refractivity contribution in [3.05, 3.63) is 47.9 Å². The van der Waals surface area contributed by atoms with Gasteiger partial charge in [-0.2, -0.15) is 18.2 Å². The van der Waals surface area contributed by atoms with Crippen molar-refractivity contribution in [3.8, 4) is 11.4 Å². The first-order chi connectivity index (χ1) is 10.8. The number of nitrogens with zero attached hydrogens (tertiary/aromatic N) is 2. The lowest BCUT2D eigenvalue weighted by Gasteiger charge is -2.05. The number of aliphatic carboxylic acids is 1. The normalized spacial score (nSPS) is 11.8. The molecular weight excluding hydrogens is 313 g/mol. The molecule has 0 saturated heterocycles. The maximum absolute atomic E-state index is 12.5. The molecule has 5 nitrogen and oxygen atoms in total. The molecule has 8 heteroatoms. The fourth-order valence-corrected chi connectivity index (χ4v) is 2.25. The summed E-state index contributed by atoms with van der Waals surface area (Å²) < 4.78 is 41.8. The number of carboxylic acids is 1. The number of aromatic nitrogens is 2. The van der Waals surface area contributed by atoms with Crippen LogP contribution in [0.15, 0.2) is 40.9 Å². The molecule has 0 aliphatic heterocycles. The van der Waals surface area contributed by atoms with Gasteiger partial charge in [-0.05, 0) is 22.4 Å². The van der Waals surface area contributed by atoms with Crippen molar-refractivity contribution in [2.24, 2.45) is 0 Å². The Hall–Kier alpha value is -2.90. The zero-order valence-corrected chi connectivity index (χ0v) is 11.5. The van der Waals surface area contributed by atoms with Crippen LogP contribution < -0.4 is 0 Å². The molecule has 3 aromatic rings. The summed E-state index contributed by atoms with van der Waals surface area (Å²) in [6, 6.07) is 9.92. The molecule has 1 heterocycles. The van der Waals surface area contributed by atoms with Gasteiger partial charge in [0.1, 0.15) is 0 Å². The Labute approximate surface area is 127 Å². The molecule has 118 valence electrons. The highest BCUT2D eigenvalue weighted by Gasteiger charge is 2.38. The Morgan fingerprint density at radius 2 is 2.00 bits per heavy atom. The van der Waals surface area contributed by atoms with E-state index in [1.165, 1.54) is 0 Å². The second kappa shape index (κ2) is 5.38. The first-order valence-electron chi connectivity index (χ1n) is 6.49. The summed E-state index contributed by atoms with van der Waals surface area (Å²) in [4.78, 5) is 14.2. The summed E-state index contributed by atoms with van der Waals surface area (Å²) in [7, 11) is 0. The summed E-state index contributed by atoms with van der Waals surface area (Å²) >= 11 is 0. The predicted octanol–water partition coefficient (Wildman–Crippen LogP) is 3.54. The number of halogens is 3. The van der Waals surface area contributed by atoms with Gasteiger partial charge in [0.25, 0.3) is 0 Å². The van der Waals surface area contributed by atoms with Gasteiger partial charge in [0.05, 0.1) is 6.42 Å². The minimum atomic E-state index is -4.71. The van der Waals surface area contributed by atoms with Crippen LogP contribution in [0.5, 0.6) is 0 Å². The molecule has 0 saturated carbocycles. The van der Waals surface area contributed by atoms with E-state index in [4.69, 9.17) is 5.11 Å². The number of alkyl halides is 3. The second-order valence-electron chi connectivity index (χ2n) is 4.84. The number of carbonyl (C=O) groups is 1. The summed E-state index contributed by atoms with van der Waals surface area (Å²) in [5.41, 5.74) is 0.867. The largest absolute Gasteiger partial charge is 0.481 e. The number of benzene rings is 2. The molecule has 0 aliphatic rings. The van der Waals surface area contributed by atoms with E-state index in [-0.39, 0.29) is 12.2 Å². The average Bonchev–Trinajstić information content (AvgIpc) is 2.96. The van der Waals surface area contributed by atoms with E-state index in [0.717, 1.165) is 5.39 Å². The minimum absolute atomic E-state index is 0.194. The third-order valence-corrected chi connectivity index (χ3v) is 3.24. The Kier molecular flexibility index (Phi) is 3.51. The molecular formula is C15H9F3N2O3. The van der Waals surface area contributed by atoms with Gasteiger partial charge in [0.2, 0.25) is 5.82 Å². The van der Waals surface area contributed by atoms with Crippen LogP contribution in [0.25, 0.3) is 22.2 Å². The van der Waals surface area contributed by atoms with Crippen LogP contribution in [-0.4, -0.2) is 21.2 Å². The van der Waals surface area contributed by atoms with Crippen molar-refractivity contribution >= 4 is 16.7 Å². The number of carboxylic acid groups (broad SMARTS) is 1. The molecule has 0 fully saturated rings.